The zero-order valence-corrected chi connectivity index (χ0v) is 11.4. The molecule has 1 N–H and O–H groups in total. The highest BCUT2D eigenvalue weighted by atomic mass is 16.4. The van der Waals surface area contributed by atoms with Crippen LogP contribution in [0.15, 0.2) is 48.5 Å². The van der Waals surface area contributed by atoms with Crippen molar-refractivity contribution in [1.29, 1.82) is 0 Å². The predicted octanol–water partition coefficient (Wildman–Crippen LogP) is 2.83. The van der Waals surface area contributed by atoms with Gasteiger partial charge in [0.2, 0.25) is 0 Å². The summed E-state index contributed by atoms with van der Waals surface area (Å²) in [5.74, 6) is -0.959. The fourth-order valence-corrected chi connectivity index (χ4v) is 2.23. The number of para-hydroxylation sites is 1. The Morgan fingerprint density at radius 1 is 1.24 bits per heavy atom. The minimum atomic E-state index is -0.959. The molecule has 0 fully saturated rings. The molecule has 2 aromatic carbocycles. The van der Waals surface area contributed by atoms with Crippen LogP contribution in [0.2, 0.25) is 0 Å². The van der Waals surface area contributed by atoms with Gasteiger partial charge in [-0.3, -0.25) is 0 Å². The summed E-state index contributed by atoms with van der Waals surface area (Å²) in [6, 6.07) is 13.4. The van der Waals surface area contributed by atoms with Crippen LogP contribution >= 0.6 is 0 Å². The zero-order chi connectivity index (χ0) is 14.8. The Kier molecular flexibility index (Phi) is 3.23. The average Bonchev–Trinajstić information content (AvgIpc) is 2.89. The summed E-state index contributed by atoms with van der Waals surface area (Å²) in [7, 11) is 0. The average molecular weight is 279 g/mol. The van der Waals surface area contributed by atoms with Crippen LogP contribution in [0.5, 0.6) is 0 Å². The van der Waals surface area contributed by atoms with Gasteiger partial charge in [-0.2, -0.15) is 0 Å². The smallest absolute Gasteiger partial charge is 0.328 e. The topological polar surface area (TPSA) is 68.0 Å². The predicted molar refractivity (Wildman–Crippen MR) is 80.3 cm³/mol. The van der Waals surface area contributed by atoms with E-state index in [4.69, 9.17) is 5.11 Å². The molecule has 0 aliphatic heterocycles. The number of carbonyl (C=O) groups is 1. The van der Waals surface area contributed by atoms with Crippen LogP contribution in [0.25, 0.3) is 22.8 Å². The van der Waals surface area contributed by atoms with E-state index in [9.17, 15) is 4.79 Å². The molecule has 0 spiro atoms. The Bertz CT molecular complexity index is 850. The van der Waals surface area contributed by atoms with Crippen LogP contribution in [0.3, 0.4) is 0 Å². The summed E-state index contributed by atoms with van der Waals surface area (Å²) >= 11 is 0. The lowest BCUT2D eigenvalue weighted by molar-refractivity contribution is -0.131. The van der Waals surface area contributed by atoms with E-state index >= 15 is 0 Å². The lowest BCUT2D eigenvalue weighted by atomic mass is 10.1. The van der Waals surface area contributed by atoms with Crippen LogP contribution < -0.4 is 0 Å². The van der Waals surface area contributed by atoms with Crippen LogP contribution in [0.1, 0.15) is 11.1 Å². The molecular weight excluding hydrogens is 266 g/mol. The Morgan fingerprint density at radius 2 is 2.05 bits per heavy atom. The first-order chi connectivity index (χ1) is 10.1. The van der Waals surface area contributed by atoms with Gasteiger partial charge in [0.1, 0.15) is 5.52 Å². The first-order valence-electron chi connectivity index (χ1n) is 6.47. The molecule has 0 saturated carbocycles. The maximum atomic E-state index is 10.5. The second-order valence-corrected chi connectivity index (χ2v) is 4.71. The summed E-state index contributed by atoms with van der Waals surface area (Å²) in [6.45, 7) is 1.96. The van der Waals surface area contributed by atoms with Crippen molar-refractivity contribution in [1.82, 2.24) is 15.0 Å². The quantitative estimate of drug-likeness (QED) is 0.748. The van der Waals surface area contributed by atoms with E-state index < -0.39 is 5.97 Å². The second kappa shape index (κ2) is 5.20. The molecule has 5 heteroatoms. The van der Waals surface area contributed by atoms with Gasteiger partial charge >= 0.3 is 5.97 Å². The van der Waals surface area contributed by atoms with Gasteiger partial charge in [0.15, 0.2) is 0 Å². The molecule has 0 amide bonds. The van der Waals surface area contributed by atoms with Gasteiger partial charge in [0, 0.05) is 6.08 Å². The fourth-order valence-electron chi connectivity index (χ4n) is 2.23. The molecule has 0 bridgehead atoms. The maximum absolute atomic E-state index is 10.5. The fraction of sp³-hybridized carbons (Fsp3) is 0.0625. The van der Waals surface area contributed by atoms with Gasteiger partial charge in [-0.05, 0) is 48.4 Å². The Hall–Kier alpha value is -2.95. The Morgan fingerprint density at radius 3 is 2.81 bits per heavy atom. The Labute approximate surface area is 121 Å². The summed E-state index contributed by atoms with van der Waals surface area (Å²) in [6.07, 6.45) is 2.69. The third kappa shape index (κ3) is 2.53. The number of fused-ring (bicyclic) bond motifs is 1. The third-order valence-electron chi connectivity index (χ3n) is 3.22. The van der Waals surface area contributed by atoms with Crippen LogP contribution in [0.4, 0.5) is 0 Å². The maximum Gasteiger partial charge on any atom is 0.328 e. The van der Waals surface area contributed by atoms with Gasteiger partial charge in [-0.15, -0.1) is 5.10 Å². The highest BCUT2D eigenvalue weighted by molar-refractivity contribution is 5.85. The van der Waals surface area contributed by atoms with E-state index in [1.54, 1.807) is 10.8 Å². The van der Waals surface area contributed by atoms with E-state index in [2.05, 4.69) is 10.3 Å². The van der Waals surface area contributed by atoms with E-state index in [1.165, 1.54) is 0 Å². The van der Waals surface area contributed by atoms with Crippen LogP contribution in [0, 0.1) is 6.92 Å². The highest BCUT2D eigenvalue weighted by Gasteiger charge is 2.08. The molecule has 0 aliphatic rings. The Balaban J connectivity index is 2.05. The molecule has 3 rings (SSSR count). The molecule has 1 heterocycles. The van der Waals surface area contributed by atoms with E-state index in [0.717, 1.165) is 33.9 Å². The van der Waals surface area contributed by atoms with Crippen molar-refractivity contribution in [3.63, 3.8) is 0 Å². The second-order valence-electron chi connectivity index (χ2n) is 4.71. The van der Waals surface area contributed by atoms with Gasteiger partial charge < -0.3 is 5.11 Å². The summed E-state index contributed by atoms with van der Waals surface area (Å²) in [5.41, 5.74) is 4.54. The molecule has 1 aromatic heterocycles. The van der Waals surface area contributed by atoms with Crippen LogP contribution in [-0.4, -0.2) is 26.1 Å². The number of rotatable bonds is 3. The van der Waals surface area contributed by atoms with Crippen molar-refractivity contribution < 1.29 is 9.90 Å². The normalized spacial score (nSPS) is 11.3. The molecule has 5 nitrogen and oxygen atoms in total. The molecule has 0 radical (unpaired) electrons. The number of hydrogen-bond donors (Lipinski definition) is 1. The van der Waals surface area contributed by atoms with Gasteiger partial charge in [0.25, 0.3) is 0 Å². The van der Waals surface area contributed by atoms with Gasteiger partial charge in [-0.1, -0.05) is 23.4 Å². The number of benzene rings is 2. The number of carboxylic acids is 1. The van der Waals surface area contributed by atoms with E-state index in [-0.39, 0.29) is 0 Å². The summed E-state index contributed by atoms with van der Waals surface area (Å²) < 4.78 is 1.79. The number of nitrogens with zero attached hydrogens (tertiary/aromatic N) is 3. The van der Waals surface area contributed by atoms with Crippen molar-refractivity contribution in [3.8, 4) is 5.69 Å². The molecule has 3 aromatic rings. The van der Waals surface area contributed by atoms with E-state index in [0.29, 0.717) is 0 Å². The lowest BCUT2D eigenvalue weighted by Crippen LogP contribution is -1.99. The summed E-state index contributed by atoms with van der Waals surface area (Å²) in [5, 5.41) is 17.0. The van der Waals surface area contributed by atoms with Crippen molar-refractivity contribution in [2.24, 2.45) is 0 Å². The zero-order valence-electron chi connectivity index (χ0n) is 11.4. The van der Waals surface area contributed by atoms with Crippen LogP contribution in [-0.2, 0) is 4.79 Å². The van der Waals surface area contributed by atoms with Gasteiger partial charge in [0.05, 0.1) is 11.2 Å². The van der Waals surface area contributed by atoms with Gasteiger partial charge in [-0.25, -0.2) is 9.48 Å². The number of aromatic nitrogens is 3. The third-order valence-corrected chi connectivity index (χ3v) is 3.22. The van der Waals surface area contributed by atoms with E-state index in [1.807, 2.05) is 49.4 Å². The van der Waals surface area contributed by atoms with Crippen molar-refractivity contribution in [2.75, 3.05) is 0 Å². The van der Waals surface area contributed by atoms with Crippen molar-refractivity contribution in [3.05, 3.63) is 59.7 Å². The molecule has 0 saturated heterocycles. The van der Waals surface area contributed by atoms with Crippen molar-refractivity contribution in [2.45, 2.75) is 6.92 Å². The monoisotopic (exact) mass is 279 g/mol. The molecule has 21 heavy (non-hydrogen) atoms. The lowest BCUT2D eigenvalue weighted by Gasteiger charge is -2.07. The number of aliphatic carboxylic acids is 1. The SMILES string of the molecule is Cc1cc(C=CC(=O)O)ccc1-n1nnc2ccccc21. The molecule has 0 aliphatic carbocycles. The summed E-state index contributed by atoms with van der Waals surface area (Å²) in [4.78, 5) is 10.5. The standard InChI is InChI=1S/C16H13N3O2/c1-11-10-12(7-9-16(20)21)6-8-14(11)19-15-5-3-2-4-13(15)17-18-19/h2-10H,1H3,(H,20,21). The minimum absolute atomic E-state index is 0.836. The first kappa shape index (κ1) is 13.1. The number of carboxylic acid groups (broad SMARTS) is 1. The number of hydrogen-bond acceptors (Lipinski definition) is 3. The molecule has 0 atom stereocenters. The molecule has 104 valence electrons. The molecular formula is C16H13N3O2. The van der Waals surface area contributed by atoms with Crippen molar-refractivity contribution >= 4 is 23.1 Å². The minimum Gasteiger partial charge on any atom is -0.478 e. The first-order valence-corrected chi connectivity index (χ1v) is 6.47. The molecule has 0 unspecified atom stereocenters. The number of aryl methyl sites for hydroxylation is 1. The highest BCUT2D eigenvalue weighted by Crippen LogP contribution is 2.20. The largest absolute Gasteiger partial charge is 0.478 e.